The number of amides is 1. The summed E-state index contributed by atoms with van der Waals surface area (Å²) in [5, 5.41) is 6.26. The molecule has 19 heavy (non-hydrogen) atoms. The van der Waals surface area contributed by atoms with E-state index >= 15 is 0 Å². The fourth-order valence-electron chi connectivity index (χ4n) is 2.73. The number of ether oxygens (including phenoxy) is 1. The standard InChI is InChI=1S/C15H18N2O2/c1-2-19-11-3-4-13-12(9-11)14(15(18)17-13)10-5-7-16-8-6-10/h3-4,9,16H,2,5-8H2,1H3,(H,17,18). The Balaban J connectivity index is 2.04. The third-order valence-corrected chi connectivity index (χ3v) is 3.61. The van der Waals surface area contributed by atoms with Crippen LogP contribution in [0.3, 0.4) is 0 Å². The first-order valence-corrected chi connectivity index (χ1v) is 6.81. The van der Waals surface area contributed by atoms with E-state index in [-0.39, 0.29) is 5.91 Å². The number of hydrogen-bond donors (Lipinski definition) is 2. The summed E-state index contributed by atoms with van der Waals surface area (Å²) in [5.74, 6) is 0.852. The van der Waals surface area contributed by atoms with E-state index in [1.807, 2.05) is 25.1 Å². The van der Waals surface area contributed by atoms with Gasteiger partial charge in [-0.15, -0.1) is 0 Å². The molecule has 0 bridgehead atoms. The Morgan fingerprint density at radius 1 is 1.26 bits per heavy atom. The zero-order valence-corrected chi connectivity index (χ0v) is 11.1. The fourth-order valence-corrected chi connectivity index (χ4v) is 2.73. The molecule has 0 aliphatic carbocycles. The Kier molecular flexibility index (Phi) is 3.25. The number of carbonyl (C=O) groups excluding carboxylic acids is 1. The highest BCUT2D eigenvalue weighted by molar-refractivity contribution is 6.32. The molecule has 100 valence electrons. The average molecular weight is 258 g/mol. The molecule has 0 atom stereocenters. The van der Waals surface area contributed by atoms with E-state index in [9.17, 15) is 4.79 Å². The number of carbonyl (C=O) groups is 1. The van der Waals surface area contributed by atoms with Crippen molar-refractivity contribution in [3.63, 3.8) is 0 Å². The predicted molar refractivity (Wildman–Crippen MR) is 75.3 cm³/mol. The zero-order valence-electron chi connectivity index (χ0n) is 11.1. The first-order valence-electron chi connectivity index (χ1n) is 6.81. The van der Waals surface area contributed by atoms with Crippen LogP contribution in [0.2, 0.25) is 0 Å². The van der Waals surface area contributed by atoms with Gasteiger partial charge in [-0.05, 0) is 51.1 Å². The first kappa shape index (κ1) is 12.2. The molecule has 0 saturated carbocycles. The van der Waals surface area contributed by atoms with Crippen LogP contribution in [0.5, 0.6) is 5.75 Å². The molecule has 0 unspecified atom stereocenters. The second-order valence-corrected chi connectivity index (χ2v) is 4.82. The Labute approximate surface area is 112 Å². The van der Waals surface area contributed by atoms with Gasteiger partial charge in [-0.3, -0.25) is 4.79 Å². The van der Waals surface area contributed by atoms with Gasteiger partial charge in [-0.25, -0.2) is 0 Å². The molecule has 3 rings (SSSR count). The molecule has 2 N–H and O–H groups in total. The summed E-state index contributed by atoms with van der Waals surface area (Å²) in [6.45, 7) is 4.50. The van der Waals surface area contributed by atoms with E-state index in [2.05, 4.69) is 10.6 Å². The molecular weight excluding hydrogens is 240 g/mol. The summed E-state index contributed by atoms with van der Waals surface area (Å²) in [6, 6.07) is 5.80. The number of benzene rings is 1. The van der Waals surface area contributed by atoms with Crippen molar-refractivity contribution in [3.05, 3.63) is 29.3 Å². The van der Waals surface area contributed by atoms with Crippen LogP contribution in [0.1, 0.15) is 25.3 Å². The van der Waals surface area contributed by atoms with Crippen molar-refractivity contribution in [2.24, 2.45) is 0 Å². The van der Waals surface area contributed by atoms with Gasteiger partial charge < -0.3 is 15.4 Å². The minimum atomic E-state index is 0.0283. The van der Waals surface area contributed by atoms with Crippen molar-refractivity contribution in [2.45, 2.75) is 19.8 Å². The molecule has 0 aromatic heterocycles. The van der Waals surface area contributed by atoms with Crippen molar-refractivity contribution in [2.75, 3.05) is 25.0 Å². The normalized spacial score (nSPS) is 18.3. The summed E-state index contributed by atoms with van der Waals surface area (Å²) in [7, 11) is 0. The average Bonchev–Trinajstić information content (AvgIpc) is 2.75. The highest BCUT2D eigenvalue weighted by Crippen LogP contribution is 2.38. The Morgan fingerprint density at radius 2 is 2.05 bits per heavy atom. The van der Waals surface area contributed by atoms with Gasteiger partial charge in [0.15, 0.2) is 0 Å². The first-order chi connectivity index (χ1) is 9.29. The van der Waals surface area contributed by atoms with Crippen LogP contribution in [0.4, 0.5) is 5.69 Å². The minimum Gasteiger partial charge on any atom is -0.494 e. The van der Waals surface area contributed by atoms with Crippen molar-refractivity contribution >= 4 is 17.2 Å². The molecule has 0 radical (unpaired) electrons. The van der Waals surface area contributed by atoms with E-state index < -0.39 is 0 Å². The number of hydrogen-bond acceptors (Lipinski definition) is 3. The number of rotatable bonds is 2. The van der Waals surface area contributed by atoms with Crippen LogP contribution < -0.4 is 15.4 Å². The van der Waals surface area contributed by atoms with E-state index in [1.165, 1.54) is 5.57 Å². The van der Waals surface area contributed by atoms with Crippen molar-refractivity contribution in [1.82, 2.24) is 5.32 Å². The molecule has 4 nitrogen and oxygen atoms in total. The smallest absolute Gasteiger partial charge is 0.256 e. The van der Waals surface area contributed by atoms with Gasteiger partial charge in [0.1, 0.15) is 5.75 Å². The molecule has 0 spiro atoms. The maximum absolute atomic E-state index is 12.2. The van der Waals surface area contributed by atoms with Crippen LogP contribution in [0, 0.1) is 0 Å². The molecule has 2 aliphatic heterocycles. The lowest BCUT2D eigenvalue weighted by Crippen LogP contribution is -2.24. The van der Waals surface area contributed by atoms with Crippen LogP contribution in [0.25, 0.3) is 5.57 Å². The summed E-state index contributed by atoms with van der Waals surface area (Å²) in [5.41, 5.74) is 4.00. The summed E-state index contributed by atoms with van der Waals surface area (Å²) >= 11 is 0. The van der Waals surface area contributed by atoms with Crippen molar-refractivity contribution in [3.8, 4) is 5.75 Å². The van der Waals surface area contributed by atoms with E-state index in [0.717, 1.165) is 48.5 Å². The molecule has 1 amide bonds. The highest BCUT2D eigenvalue weighted by atomic mass is 16.5. The zero-order chi connectivity index (χ0) is 13.2. The second-order valence-electron chi connectivity index (χ2n) is 4.82. The number of anilines is 1. The third kappa shape index (κ3) is 2.24. The Bertz CT molecular complexity index is 541. The molecule has 1 aromatic rings. The molecule has 2 aliphatic rings. The van der Waals surface area contributed by atoms with Gasteiger partial charge in [-0.1, -0.05) is 5.57 Å². The number of fused-ring (bicyclic) bond motifs is 1. The lowest BCUT2D eigenvalue weighted by atomic mass is 9.94. The van der Waals surface area contributed by atoms with Gasteiger partial charge in [0.25, 0.3) is 5.91 Å². The van der Waals surface area contributed by atoms with Crippen molar-refractivity contribution in [1.29, 1.82) is 0 Å². The summed E-state index contributed by atoms with van der Waals surface area (Å²) in [4.78, 5) is 12.2. The molecule has 1 saturated heterocycles. The molecular formula is C15H18N2O2. The van der Waals surface area contributed by atoms with Gasteiger partial charge in [0.2, 0.25) is 0 Å². The largest absolute Gasteiger partial charge is 0.494 e. The fraction of sp³-hybridized carbons (Fsp3) is 0.400. The van der Waals surface area contributed by atoms with Gasteiger partial charge in [0, 0.05) is 16.8 Å². The second kappa shape index (κ2) is 5.05. The number of piperidine rings is 1. The SMILES string of the molecule is CCOc1ccc2c(c1)C(=C1CCNCC1)C(=O)N2. The van der Waals surface area contributed by atoms with Crippen LogP contribution >= 0.6 is 0 Å². The summed E-state index contributed by atoms with van der Waals surface area (Å²) in [6.07, 6.45) is 1.89. The highest BCUT2D eigenvalue weighted by Gasteiger charge is 2.28. The van der Waals surface area contributed by atoms with Crippen LogP contribution in [-0.2, 0) is 4.79 Å². The van der Waals surface area contributed by atoms with Crippen LogP contribution in [-0.4, -0.2) is 25.6 Å². The quantitative estimate of drug-likeness (QED) is 0.799. The Hall–Kier alpha value is -1.81. The summed E-state index contributed by atoms with van der Waals surface area (Å²) < 4.78 is 5.53. The number of nitrogens with one attached hydrogen (secondary N) is 2. The minimum absolute atomic E-state index is 0.0283. The Morgan fingerprint density at radius 3 is 2.79 bits per heavy atom. The monoisotopic (exact) mass is 258 g/mol. The van der Waals surface area contributed by atoms with Gasteiger partial charge in [-0.2, -0.15) is 0 Å². The van der Waals surface area contributed by atoms with E-state index in [4.69, 9.17) is 4.74 Å². The maximum atomic E-state index is 12.2. The predicted octanol–water partition coefficient (Wildman–Crippen LogP) is 2.17. The topological polar surface area (TPSA) is 50.4 Å². The lowest BCUT2D eigenvalue weighted by molar-refractivity contribution is -0.110. The molecule has 1 fully saturated rings. The van der Waals surface area contributed by atoms with Crippen LogP contribution in [0.15, 0.2) is 23.8 Å². The van der Waals surface area contributed by atoms with Crippen molar-refractivity contribution < 1.29 is 9.53 Å². The lowest BCUT2D eigenvalue weighted by Gasteiger charge is -2.17. The van der Waals surface area contributed by atoms with E-state index in [1.54, 1.807) is 0 Å². The van der Waals surface area contributed by atoms with Gasteiger partial charge in [0.05, 0.1) is 6.61 Å². The maximum Gasteiger partial charge on any atom is 0.256 e. The van der Waals surface area contributed by atoms with E-state index in [0.29, 0.717) is 6.61 Å². The van der Waals surface area contributed by atoms with Gasteiger partial charge >= 0.3 is 0 Å². The molecule has 2 heterocycles. The molecule has 1 aromatic carbocycles. The molecule has 4 heteroatoms. The third-order valence-electron chi connectivity index (χ3n) is 3.61.